The van der Waals surface area contributed by atoms with Crippen LogP contribution in [0.25, 0.3) is 10.9 Å². The zero-order valence-electron chi connectivity index (χ0n) is 20.4. The highest BCUT2D eigenvalue weighted by molar-refractivity contribution is 5.96. The van der Waals surface area contributed by atoms with Crippen molar-refractivity contribution >= 4 is 23.2 Å². The van der Waals surface area contributed by atoms with E-state index in [1.54, 1.807) is 12.1 Å². The molecule has 10 nitrogen and oxygen atoms in total. The highest BCUT2D eigenvalue weighted by atomic mass is 16.8. The number of rotatable bonds is 8. The summed E-state index contributed by atoms with van der Waals surface area (Å²) in [5.41, 5.74) is 1.62. The number of aromatic nitrogens is 1. The molecule has 192 valence electrons. The van der Waals surface area contributed by atoms with E-state index in [9.17, 15) is 9.59 Å². The lowest BCUT2D eigenvalue weighted by Crippen LogP contribution is -2.28. The Kier molecular flexibility index (Phi) is 8.84. The number of likely N-dealkylation sites (N-methyl/N-ethyl adjacent to an activating group) is 1. The van der Waals surface area contributed by atoms with Gasteiger partial charge in [0, 0.05) is 43.8 Å². The molecule has 0 bridgehead atoms. The fourth-order valence-electron chi connectivity index (χ4n) is 4.24. The lowest BCUT2D eigenvalue weighted by atomic mass is 10.1. The van der Waals surface area contributed by atoms with Gasteiger partial charge in [-0.25, -0.2) is 9.59 Å². The van der Waals surface area contributed by atoms with Crippen LogP contribution < -0.4 is 4.74 Å². The predicted octanol–water partition coefficient (Wildman–Crippen LogP) is 3.58. The van der Waals surface area contributed by atoms with E-state index in [-0.39, 0.29) is 19.0 Å². The number of carbonyl (C=O) groups excluding carboxylic acids is 2. The Labute approximate surface area is 204 Å². The van der Waals surface area contributed by atoms with E-state index >= 15 is 0 Å². The van der Waals surface area contributed by atoms with Gasteiger partial charge in [-0.1, -0.05) is 6.07 Å². The predicted molar refractivity (Wildman–Crippen MR) is 127 cm³/mol. The summed E-state index contributed by atoms with van der Waals surface area (Å²) in [6.45, 7) is 2.81. The second-order valence-electron chi connectivity index (χ2n) is 9.01. The standard InChI is InChI=1S/C25H34N2O8/c1-26(2)11-6-18-16-27(24(28)34-19-7-12-30-13-8-19)21-4-3-5-22(23(18)21)32-17-33-25(29)35-20-9-14-31-15-10-20/h3-5,16,19-20H,6-15,17H2,1-2H3. The zero-order valence-corrected chi connectivity index (χ0v) is 20.4. The van der Waals surface area contributed by atoms with Crippen LogP contribution in [-0.2, 0) is 30.1 Å². The molecule has 2 aliphatic heterocycles. The highest BCUT2D eigenvalue weighted by Gasteiger charge is 2.23. The average Bonchev–Trinajstić information content (AvgIpc) is 3.24. The molecule has 0 radical (unpaired) electrons. The van der Waals surface area contributed by atoms with E-state index in [1.165, 1.54) is 4.57 Å². The minimum absolute atomic E-state index is 0.159. The second-order valence-corrected chi connectivity index (χ2v) is 9.01. The molecule has 2 saturated heterocycles. The van der Waals surface area contributed by atoms with Crippen LogP contribution in [0.15, 0.2) is 24.4 Å². The van der Waals surface area contributed by atoms with Crippen LogP contribution in [0.1, 0.15) is 31.2 Å². The topological polar surface area (TPSA) is 97.7 Å². The van der Waals surface area contributed by atoms with Crippen LogP contribution >= 0.6 is 0 Å². The number of hydrogen-bond donors (Lipinski definition) is 0. The molecule has 4 rings (SSSR count). The maximum Gasteiger partial charge on any atom is 0.511 e. The molecule has 0 saturated carbocycles. The molecule has 0 N–H and O–H groups in total. The molecule has 0 spiro atoms. The van der Waals surface area contributed by atoms with Gasteiger partial charge in [-0.05, 0) is 38.2 Å². The lowest BCUT2D eigenvalue weighted by molar-refractivity contribution is -0.0456. The molecular weight excluding hydrogens is 456 g/mol. The first kappa shape index (κ1) is 25.3. The molecule has 2 aromatic rings. The van der Waals surface area contributed by atoms with Gasteiger partial charge in [0.15, 0.2) is 0 Å². The van der Waals surface area contributed by atoms with Gasteiger partial charge in [-0.3, -0.25) is 4.57 Å². The highest BCUT2D eigenvalue weighted by Crippen LogP contribution is 2.32. The van der Waals surface area contributed by atoms with Crippen molar-refractivity contribution in [2.75, 3.05) is 53.9 Å². The largest absolute Gasteiger partial charge is 0.511 e. The molecule has 1 aromatic heterocycles. The van der Waals surface area contributed by atoms with Crippen molar-refractivity contribution in [1.82, 2.24) is 9.47 Å². The van der Waals surface area contributed by atoms with Crippen molar-refractivity contribution < 1.29 is 38.0 Å². The van der Waals surface area contributed by atoms with Crippen molar-refractivity contribution in [2.24, 2.45) is 0 Å². The first-order valence-electron chi connectivity index (χ1n) is 12.1. The van der Waals surface area contributed by atoms with E-state index in [0.29, 0.717) is 69.8 Å². The van der Waals surface area contributed by atoms with E-state index in [0.717, 1.165) is 17.5 Å². The molecule has 2 fully saturated rings. The minimum Gasteiger partial charge on any atom is -0.457 e. The Hall–Kier alpha value is -2.82. The summed E-state index contributed by atoms with van der Waals surface area (Å²) >= 11 is 0. The maximum absolute atomic E-state index is 13.0. The monoisotopic (exact) mass is 490 g/mol. The summed E-state index contributed by atoms with van der Waals surface area (Å²) in [6.07, 6.45) is 3.64. The van der Waals surface area contributed by atoms with E-state index in [1.807, 2.05) is 26.4 Å². The van der Waals surface area contributed by atoms with Gasteiger partial charge in [0.25, 0.3) is 0 Å². The van der Waals surface area contributed by atoms with Gasteiger partial charge in [-0.2, -0.15) is 0 Å². The molecule has 2 aliphatic rings. The van der Waals surface area contributed by atoms with E-state index in [2.05, 4.69) is 4.90 Å². The number of ether oxygens (including phenoxy) is 6. The summed E-state index contributed by atoms with van der Waals surface area (Å²) in [5, 5.41) is 0.791. The molecule has 0 aliphatic carbocycles. The third-order valence-electron chi connectivity index (χ3n) is 6.15. The van der Waals surface area contributed by atoms with Crippen LogP contribution in [-0.4, -0.2) is 87.8 Å². The second kappa shape index (κ2) is 12.2. The molecular formula is C25H34N2O8. The summed E-state index contributed by atoms with van der Waals surface area (Å²) in [6, 6.07) is 5.45. The van der Waals surface area contributed by atoms with Crippen LogP contribution in [0.4, 0.5) is 9.59 Å². The van der Waals surface area contributed by atoms with E-state index in [4.69, 9.17) is 28.4 Å². The zero-order chi connectivity index (χ0) is 24.6. The Bertz CT molecular complexity index is 993. The molecule has 0 atom stereocenters. The van der Waals surface area contributed by atoms with Gasteiger partial charge < -0.3 is 33.3 Å². The molecule has 0 amide bonds. The van der Waals surface area contributed by atoms with Crippen LogP contribution in [0.5, 0.6) is 5.75 Å². The Morgan fingerprint density at radius 2 is 1.66 bits per heavy atom. The van der Waals surface area contributed by atoms with Crippen molar-refractivity contribution in [3.05, 3.63) is 30.0 Å². The maximum atomic E-state index is 13.0. The van der Waals surface area contributed by atoms with Gasteiger partial charge in [-0.15, -0.1) is 0 Å². The van der Waals surface area contributed by atoms with Crippen LogP contribution in [0.3, 0.4) is 0 Å². The SMILES string of the molecule is CN(C)CCc1cn(C(=O)OC2CCOCC2)c2cccc(OCOC(=O)OC3CCOCC3)c12. The number of benzene rings is 1. The third-order valence-corrected chi connectivity index (χ3v) is 6.15. The quantitative estimate of drug-likeness (QED) is 0.406. The van der Waals surface area contributed by atoms with E-state index < -0.39 is 12.2 Å². The smallest absolute Gasteiger partial charge is 0.457 e. The van der Waals surface area contributed by atoms with Gasteiger partial charge in [0.2, 0.25) is 6.79 Å². The van der Waals surface area contributed by atoms with Crippen molar-refractivity contribution in [3.63, 3.8) is 0 Å². The van der Waals surface area contributed by atoms with Crippen LogP contribution in [0.2, 0.25) is 0 Å². The first-order chi connectivity index (χ1) is 17.0. The third kappa shape index (κ3) is 6.87. The lowest BCUT2D eigenvalue weighted by Gasteiger charge is -2.22. The Morgan fingerprint density at radius 1 is 1.00 bits per heavy atom. The molecule has 3 heterocycles. The van der Waals surface area contributed by atoms with Crippen molar-refractivity contribution in [2.45, 2.75) is 44.3 Å². The molecule has 0 unspecified atom stereocenters. The normalized spacial score (nSPS) is 17.5. The summed E-state index contributed by atoms with van der Waals surface area (Å²) in [4.78, 5) is 27.2. The average molecular weight is 491 g/mol. The van der Waals surface area contributed by atoms with Crippen LogP contribution in [0, 0.1) is 0 Å². The van der Waals surface area contributed by atoms with Gasteiger partial charge >= 0.3 is 12.2 Å². The summed E-state index contributed by atoms with van der Waals surface area (Å²) < 4.78 is 34.2. The Balaban J connectivity index is 1.47. The Morgan fingerprint density at radius 3 is 2.31 bits per heavy atom. The number of carbonyl (C=O) groups is 2. The number of nitrogens with zero attached hydrogens (tertiary/aromatic N) is 2. The van der Waals surface area contributed by atoms with Gasteiger partial charge in [0.1, 0.15) is 18.0 Å². The summed E-state index contributed by atoms with van der Waals surface area (Å²) in [7, 11) is 3.99. The number of fused-ring (bicyclic) bond motifs is 1. The van der Waals surface area contributed by atoms with Crippen molar-refractivity contribution in [3.8, 4) is 5.75 Å². The fraction of sp³-hybridized carbons (Fsp3) is 0.600. The fourth-order valence-corrected chi connectivity index (χ4v) is 4.24. The molecule has 35 heavy (non-hydrogen) atoms. The van der Waals surface area contributed by atoms with Crippen molar-refractivity contribution in [1.29, 1.82) is 0 Å². The minimum atomic E-state index is -0.769. The first-order valence-corrected chi connectivity index (χ1v) is 12.1. The molecule has 1 aromatic carbocycles. The number of hydrogen-bond acceptors (Lipinski definition) is 9. The summed E-state index contributed by atoms with van der Waals surface area (Å²) in [5.74, 6) is 0.521. The van der Waals surface area contributed by atoms with Gasteiger partial charge in [0.05, 0.1) is 31.9 Å². The molecule has 10 heteroatoms.